The number of ketones is 1. The van der Waals surface area contributed by atoms with Crippen LogP contribution in [0, 0.1) is 0 Å². The largest absolute Gasteiger partial charge is 0.356 e. The minimum Gasteiger partial charge on any atom is -0.356 e. The normalized spacial score (nSPS) is 10.4. The predicted octanol–water partition coefficient (Wildman–Crippen LogP) is 0.814. The second-order valence-electron chi connectivity index (χ2n) is 3.61. The lowest BCUT2D eigenvalue weighted by Gasteiger charge is -2.17. The maximum absolute atomic E-state index is 11.1. The first-order chi connectivity index (χ1) is 7.10. The average Bonchev–Trinajstić information content (AvgIpc) is 2.17. The Kier molecular flexibility index (Phi) is 7.91. The number of rotatable bonds is 8. The molecule has 0 aliphatic heterocycles. The van der Waals surface area contributed by atoms with E-state index in [9.17, 15) is 9.59 Å². The lowest BCUT2D eigenvalue weighted by atomic mass is 10.3. The van der Waals surface area contributed by atoms with Crippen molar-refractivity contribution < 1.29 is 9.59 Å². The highest BCUT2D eigenvalue weighted by Crippen LogP contribution is 1.90. The zero-order valence-corrected chi connectivity index (χ0v) is 10.0. The van der Waals surface area contributed by atoms with Crippen molar-refractivity contribution in [3.8, 4) is 0 Å². The summed E-state index contributed by atoms with van der Waals surface area (Å²) in [5.41, 5.74) is 0. The molecule has 88 valence electrons. The number of hydrogen-bond acceptors (Lipinski definition) is 3. The Morgan fingerprint density at radius 1 is 1.20 bits per heavy atom. The standard InChI is InChI=1S/C11H22N2O2/c1-4-13(5-2)8-6-7-12-11(15)9-10(3)14/h4-9H2,1-3H3,(H,12,15). The van der Waals surface area contributed by atoms with Crippen LogP contribution in [0.4, 0.5) is 0 Å². The van der Waals surface area contributed by atoms with Gasteiger partial charge < -0.3 is 10.2 Å². The zero-order valence-electron chi connectivity index (χ0n) is 10.0. The van der Waals surface area contributed by atoms with Crippen LogP contribution < -0.4 is 5.32 Å². The predicted molar refractivity (Wildman–Crippen MR) is 60.7 cm³/mol. The second-order valence-corrected chi connectivity index (χ2v) is 3.61. The molecule has 0 heterocycles. The highest BCUT2D eigenvalue weighted by Gasteiger charge is 2.04. The smallest absolute Gasteiger partial charge is 0.227 e. The van der Waals surface area contributed by atoms with Gasteiger partial charge in [-0.25, -0.2) is 0 Å². The van der Waals surface area contributed by atoms with Gasteiger partial charge in [0.1, 0.15) is 5.78 Å². The maximum atomic E-state index is 11.1. The van der Waals surface area contributed by atoms with Crippen molar-refractivity contribution in [3.05, 3.63) is 0 Å². The van der Waals surface area contributed by atoms with E-state index in [2.05, 4.69) is 24.1 Å². The van der Waals surface area contributed by atoms with Gasteiger partial charge in [-0.2, -0.15) is 0 Å². The van der Waals surface area contributed by atoms with Crippen molar-refractivity contribution in [1.82, 2.24) is 10.2 Å². The molecule has 0 bridgehead atoms. The van der Waals surface area contributed by atoms with Crippen LogP contribution in [0.1, 0.15) is 33.6 Å². The molecule has 0 aliphatic rings. The minimum absolute atomic E-state index is 0.00523. The molecule has 15 heavy (non-hydrogen) atoms. The van der Waals surface area contributed by atoms with E-state index in [-0.39, 0.29) is 18.1 Å². The van der Waals surface area contributed by atoms with E-state index in [1.807, 2.05) is 0 Å². The Hall–Kier alpha value is -0.900. The number of nitrogens with zero attached hydrogens (tertiary/aromatic N) is 1. The van der Waals surface area contributed by atoms with Gasteiger partial charge in [0.05, 0.1) is 6.42 Å². The van der Waals surface area contributed by atoms with Crippen molar-refractivity contribution in [2.45, 2.75) is 33.6 Å². The lowest BCUT2D eigenvalue weighted by Crippen LogP contribution is -2.30. The van der Waals surface area contributed by atoms with E-state index < -0.39 is 0 Å². The number of Topliss-reactive ketones (excluding diaryl/α,β-unsaturated/α-hetero) is 1. The van der Waals surface area contributed by atoms with Crippen molar-refractivity contribution in [1.29, 1.82) is 0 Å². The summed E-state index contributed by atoms with van der Waals surface area (Å²) in [6, 6.07) is 0. The first kappa shape index (κ1) is 14.1. The molecule has 0 aromatic heterocycles. The van der Waals surface area contributed by atoms with Crippen molar-refractivity contribution in [2.24, 2.45) is 0 Å². The molecule has 0 atom stereocenters. The fourth-order valence-corrected chi connectivity index (χ4v) is 1.36. The second kappa shape index (κ2) is 8.41. The van der Waals surface area contributed by atoms with Crippen molar-refractivity contribution in [3.63, 3.8) is 0 Å². The molecule has 4 heteroatoms. The fourth-order valence-electron chi connectivity index (χ4n) is 1.36. The number of nitrogens with one attached hydrogen (secondary N) is 1. The summed E-state index contributed by atoms with van der Waals surface area (Å²) in [5.74, 6) is -0.252. The number of carbonyl (C=O) groups excluding carboxylic acids is 2. The number of amides is 1. The van der Waals surface area contributed by atoms with Crippen LogP contribution in [-0.4, -0.2) is 42.8 Å². The summed E-state index contributed by atoms with van der Waals surface area (Å²) < 4.78 is 0. The molecule has 4 nitrogen and oxygen atoms in total. The fraction of sp³-hybridized carbons (Fsp3) is 0.818. The van der Waals surface area contributed by atoms with Crippen LogP contribution in [-0.2, 0) is 9.59 Å². The number of carbonyl (C=O) groups is 2. The molecular formula is C11H22N2O2. The van der Waals surface area contributed by atoms with E-state index in [0.29, 0.717) is 6.54 Å². The molecule has 0 aromatic carbocycles. The van der Waals surface area contributed by atoms with Crippen molar-refractivity contribution >= 4 is 11.7 Å². The number of hydrogen-bond donors (Lipinski definition) is 1. The first-order valence-corrected chi connectivity index (χ1v) is 5.58. The van der Waals surface area contributed by atoms with Gasteiger partial charge in [-0.05, 0) is 33.0 Å². The Balaban J connectivity index is 3.45. The SMILES string of the molecule is CCN(CC)CCCNC(=O)CC(C)=O. The molecule has 0 saturated carbocycles. The molecule has 0 aromatic rings. The van der Waals surface area contributed by atoms with Crippen molar-refractivity contribution in [2.75, 3.05) is 26.2 Å². The summed E-state index contributed by atoms with van der Waals surface area (Å²) >= 11 is 0. The van der Waals surface area contributed by atoms with Crippen LogP contribution in [0.25, 0.3) is 0 Å². The van der Waals surface area contributed by atoms with Crippen LogP contribution in [0.5, 0.6) is 0 Å². The third-order valence-corrected chi connectivity index (χ3v) is 2.28. The quantitative estimate of drug-likeness (QED) is 0.480. The summed E-state index contributed by atoms with van der Waals surface area (Å²) in [6.07, 6.45) is 0.941. The summed E-state index contributed by atoms with van der Waals surface area (Å²) in [7, 11) is 0. The Morgan fingerprint density at radius 3 is 2.27 bits per heavy atom. The summed E-state index contributed by atoms with van der Waals surface area (Å²) in [6.45, 7) is 9.40. The van der Waals surface area contributed by atoms with Crippen LogP contribution in [0.3, 0.4) is 0 Å². The minimum atomic E-state index is -0.165. The molecule has 0 radical (unpaired) electrons. The highest BCUT2D eigenvalue weighted by atomic mass is 16.2. The van der Waals surface area contributed by atoms with Gasteiger partial charge in [-0.1, -0.05) is 13.8 Å². The monoisotopic (exact) mass is 214 g/mol. The van der Waals surface area contributed by atoms with E-state index in [1.54, 1.807) is 0 Å². The van der Waals surface area contributed by atoms with Gasteiger partial charge in [-0.15, -0.1) is 0 Å². The average molecular weight is 214 g/mol. The van der Waals surface area contributed by atoms with Gasteiger partial charge >= 0.3 is 0 Å². The van der Waals surface area contributed by atoms with Crippen LogP contribution >= 0.6 is 0 Å². The van der Waals surface area contributed by atoms with E-state index in [1.165, 1.54) is 6.92 Å². The third kappa shape index (κ3) is 8.12. The van der Waals surface area contributed by atoms with E-state index in [4.69, 9.17) is 0 Å². The molecule has 0 unspecified atom stereocenters. The molecule has 0 saturated heterocycles. The maximum Gasteiger partial charge on any atom is 0.227 e. The third-order valence-electron chi connectivity index (χ3n) is 2.28. The highest BCUT2D eigenvalue weighted by molar-refractivity contribution is 5.96. The van der Waals surface area contributed by atoms with Gasteiger partial charge in [0, 0.05) is 6.54 Å². The summed E-state index contributed by atoms with van der Waals surface area (Å²) in [5, 5.41) is 2.73. The van der Waals surface area contributed by atoms with E-state index >= 15 is 0 Å². The Morgan fingerprint density at radius 2 is 1.80 bits per heavy atom. The molecule has 0 fully saturated rings. The molecule has 0 aliphatic carbocycles. The van der Waals surface area contributed by atoms with Crippen LogP contribution in [0.15, 0.2) is 0 Å². The zero-order chi connectivity index (χ0) is 11.7. The lowest BCUT2D eigenvalue weighted by molar-refractivity contribution is -0.127. The molecule has 0 spiro atoms. The molecule has 0 rings (SSSR count). The Bertz CT molecular complexity index is 201. The first-order valence-electron chi connectivity index (χ1n) is 5.58. The summed E-state index contributed by atoms with van der Waals surface area (Å²) in [4.78, 5) is 24.0. The van der Waals surface area contributed by atoms with Gasteiger partial charge in [-0.3, -0.25) is 9.59 Å². The van der Waals surface area contributed by atoms with Crippen LogP contribution in [0.2, 0.25) is 0 Å². The van der Waals surface area contributed by atoms with Gasteiger partial charge in [0.2, 0.25) is 5.91 Å². The van der Waals surface area contributed by atoms with Gasteiger partial charge in [0.25, 0.3) is 0 Å². The molecular weight excluding hydrogens is 192 g/mol. The van der Waals surface area contributed by atoms with E-state index in [0.717, 1.165) is 26.1 Å². The molecule has 1 amide bonds. The topological polar surface area (TPSA) is 49.4 Å². The Labute approximate surface area is 92.0 Å². The van der Waals surface area contributed by atoms with Gasteiger partial charge in [0.15, 0.2) is 0 Å². The molecule has 1 N–H and O–H groups in total.